The number of carbonyl (C=O) groups excluding carboxylic acids is 1. The summed E-state index contributed by atoms with van der Waals surface area (Å²) in [4.78, 5) is 13.1. The number of rotatable bonds is 1. The van der Waals surface area contributed by atoms with Crippen molar-refractivity contribution in [1.82, 2.24) is 4.90 Å². The van der Waals surface area contributed by atoms with Crippen LogP contribution in [0.1, 0.15) is 20.8 Å². The normalized spacial score (nSPS) is 16.6. The first-order valence-electron chi connectivity index (χ1n) is 5.10. The predicted molar refractivity (Wildman–Crippen MR) is 60.4 cm³/mol. The van der Waals surface area contributed by atoms with Crippen molar-refractivity contribution in [3.63, 3.8) is 0 Å². The lowest BCUT2D eigenvalue weighted by Gasteiger charge is -2.29. The third kappa shape index (κ3) is 3.27. The molecule has 1 rings (SSSR count). The van der Waals surface area contributed by atoms with Crippen molar-refractivity contribution >= 4 is 6.09 Å². The molecule has 0 saturated carbocycles. The molecule has 1 aliphatic heterocycles. The van der Waals surface area contributed by atoms with Crippen molar-refractivity contribution in [2.75, 3.05) is 13.2 Å². The summed E-state index contributed by atoms with van der Waals surface area (Å²) in [5, 5.41) is 8.99. The molecule has 0 aromatic heterocycles. The number of nitrogens with zero attached hydrogens (tertiary/aromatic N) is 1. The number of aliphatic hydroxyl groups excluding tert-OH is 1. The smallest absolute Gasteiger partial charge is 0.416 e. The molecule has 0 aromatic carbocycles. The highest BCUT2D eigenvalue weighted by Crippen LogP contribution is 2.16. The predicted octanol–water partition coefficient (Wildman–Crippen LogP) is 0.956. The minimum Gasteiger partial charge on any atom is -0.443 e. The van der Waals surface area contributed by atoms with E-state index in [0.717, 1.165) is 5.57 Å². The zero-order valence-corrected chi connectivity index (χ0v) is 9.86. The number of amides is 1. The highest BCUT2D eigenvalue weighted by atomic mass is 16.6. The van der Waals surface area contributed by atoms with Gasteiger partial charge in [-0.3, -0.25) is 4.90 Å². The summed E-state index contributed by atoms with van der Waals surface area (Å²) in [5.74, 6) is 0.325. The molecule has 3 N–H and O–H groups in total. The molecule has 1 aliphatic rings. The van der Waals surface area contributed by atoms with Gasteiger partial charge in [-0.25, -0.2) is 4.79 Å². The molecule has 0 bridgehead atoms. The van der Waals surface area contributed by atoms with Gasteiger partial charge in [-0.05, 0) is 32.4 Å². The molecule has 0 atom stereocenters. The topological polar surface area (TPSA) is 75.8 Å². The van der Waals surface area contributed by atoms with E-state index in [2.05, 4.69) is 0 Å². The fourth-order valence-corrected chi connectivity index (χ4v) is 1.23. The first-order valence-corrected chi connectivity index (χ1v) is 5.10. The van der Waals surface area contributed by atoms with E-state index in [4.69, 9.17) is 15.6 Å². The highest BCUT2D eigenvalue weighted by molar-refractivity contribution is 5.71. The maximum Gasteiger partial charge on any atom is 0.416 e. The van der Waals surface area contributed by atoms with Crippen LogP contribution in [0.2, 0.25) is 0 Å². The number of hydrogen-bond acceptors (Lipinski definition) is 4. The Kier molecular flexibility index (Phi) is 3.59. The van der Waals surface area contributed by atoms with E-state index in [1.165, 1.54) is 4.90 Å². The summed E-state index contributed by atoms with van der Waals surface area (Å²) >= 11 is 0. The van der Waals surface area contributed by atoms with E-state index < -0.39 is 11.7 Å². The summed E-state index contributed by atoms with van der Waals surface area (Å²) in [5.41, 5.74) is 5.84. The Morgan fingerprint density at radius 3 is 2.69 bits per heavy atom. The average Bonchev–Trinajstić information content (AvgIpc) is 2.15. The lowest BCUT2D eigenvalue weighted by Crippen LogP contribution is -2.41. The van der Waals surface area contributed by atoms with Gasteiger partial charge in [0.25, 0.3) is 0 Å². The molecule has 16 heavy (non-hydrogen) atoms. The van der Waals surface area contributed by atoms with E-state index in [0.29, 0.717) is 5.82 Å². The molecular formula is C11H18N2O3. The first kappa shape index (κ1) is 12.6. The Hall–Kier alpha value is -1.49. The van der Waals surface area contributed by atoms with Crippen LogP contribution in [0.15, 0.2) is 23.5 Å². The van der Waals surface area contributed by atoms with Crippen LogP contribution in [-0.4, -0.2) is 34.9 Å². The van der Waals surface area contributed by atoms with Crippen LogP contribution < -0.4 is 5.73 Å². The second kappa shape index (κ2) is 4.57. The van der Waals surface area contributed by atoms with Crippen LogP contribution in [0.3, 0.4) is 0 Å². The minimum absolute atomic E-state index is 0.0942. The third-order valence-corrected chi connectivity index (χ3v) is 1.98. The zero-order chi connectivity index (χ0) is 12.3. The zero-order valence-electron chi connectivity index (χ0n) is 9.86. The fourth-order valence-electron chi connectivity index (χ4n) is 1.23. The van der Waals surface area contributed by atoms with E-state index in [1.54, 1.807) is 32.9 Å². The van der Waals surface area contributed by atoms with Crippen LogP contribution in [0.5, 0.6) is 0 Å². The second-order valence-electron chi connectivity index (χ2n) is 4.64. The lowest BCUT2D eigenvalue weighted by molar-refractivity contribution is 0.0319. The highest BCUT2D eigenvalue weighted by Gasteiger charge is 2.25. The standard InChI is InChI=1S/C11H18N2O3/c1-11(2,3)16-10(15)13-6-8(7-14)4-5-9(13)12/h4-5,14H,6-7,12H2,1-3H3. The molecule has 0 fully saturated rings. The van der Waals surface area contributed by atoms with Crippen LogP contribution >= 0.6 is 0 Å². The molecule has 0 radical (unpaired) electrons. The Bertz CT molecular complexity index is 340. The molecule has 0 unspecified atom stereocenters. The van der Waals surface area contributed by atoms with Gasteiger partial charge in [-0.15, -0.1) is 0 Å². The Labute approximate surface area is 95.2 Å². The van der Waals surface area contributed by atoms with E-state index in [1.807, 2.05) is 0 Å². The number of aliphatic hydroxyl groups is 1. The molecule has 1 heterocycles. The Morgan fingerprint density at radius 2 is 2.19 bits per heavy atom. The van der Waals surface area contributed by atoms with E-state index in [-0.39, 0.29) is 13.2 Å². The molecule has 0 spiro atoms. The van der Waals surface area contributed by atoms with Gasteiger partial charge in [0.05, 0.1) is 13.2 Å². The summed E-state index contributed by atoms with van der Waals surface area (Å²) < 4.78 is 5.20. The summed E-state index contributed by atoms with van der Waals surface area (Å²) in [6.45, 7) is 5.55. The van der Waals surface area contributed by atoms with E-state index in [9.17, 15) is 4.79 Å². The van der Waals surface area contributed by atoms with Gasteiger partial charge in [0.15, 0.2) is 0 Å². The quantitative estimate of drug-likeness (QED) is 0.698. The second-order valence-corrected chi connectivity index (χ2v) is 4.64. The first-order chi connectivity index (χ1) is 7.33. The average molecular weight is 226 g/mol. The van der Waals surface area contributed by atoms with Crippen molar-refractivity contribution < 1.29 is 14.6 Å². The number of hydrogen-bond donors (Lipinski definition) is 2. The van der Waals surface area contributed by atoms with E-state index >= 15 is 0 Å². The molecular weight excluding hydrogens is 208 g/mol. The molecule has 5 nitrogen and oxygen atoms in total. The monoisotopic (exact) mass is 226 g/mol. The van der Waals surface area contributed by atoms with Crippen LogP contribution in [-0.2, 0) is 4.74 Å². The lowest BCUT2D eigenvalue weighted by atomic mass is 10.2. The van der Waals surface area contributed by atoms with Gasteiger partial charge in [0.1, 0.15) is 11.4 Å². The van der Waals surface area contributed by atoms with Crippen molar-refractivity contribution in [2.24, 2.45) is 5.73 Å². The van der Waals surface area contributed by atoms with Crippen LogP contribution in [0.25, 0.3) is 0 Å². The van der Waals surface area contributed by atoms with Gasteiger partial charge in [-0.2, -0.15) is 0 Å². The molecule has 0 aromatic rings. The van der Waals surface area contributed by atoms with Crippen LogP contribution in [0, 0.1) is 0 Å². The van der Waals surface area contributed by atoms with Crippen molar-refractivity contribution in [3.8, 4) is 0 Å². The van der Waals surface area contributed by atoms with Crippen molar-refractivity contribution in [3.05, 3.63) is 23.5 Å². The summed E-state index contributed by atoms with van der Waals surface area (Å²) in [7, 11) is 0. The maximum atomic E-state index is 11.8. The van der Waals surface area contributed by atoms with Crippen molar-refractivity contribution in [2.45, 2.75) is 26.4 Å². The number of ether oxygens (including phenoxy) is 1. The minimum atomic E-state index is -0.558. The molecule has 1 amide bonds. The number of allylic oxidation sites excluding steroid dienone is 2. The fraction of sp³-hybridized carbons (Fsp3) is 0.545. The van der Waals surface area contributed by atoms with Gasteiger partial charge < -0.3 is 15.6 Å². The van der Waals surface area contributed by atoms with Crippen LogP contribution in [0.4, 0.5) is 4.79 Å². The molecule has 90 valence electrons. The number of carbonyl (C=O) groups is 1. The number of nitrogens with two attached hydrogens (primary N) is 1. The van der Waals surface area contributed by atoms with Gasteiger partial charge in [0, 0.05) is 0 Å². The largest absolute Gasteiger partial charge is 0.443 e. The van der Waals surface area contributed by atoms with Gasteiger partial charge in [0.2, 0.25) is 0 Å². The SMILES string of the molecule is CC(C)(C)OC(=O)N1CC(CO)=CC=C1N. The summed E-state index contributed by atoms with van der Waals surface area (Å²) in [6, 6.07) is 0. The Balaban J connectivity index is 2.72. The molecule has 5 heteroatoms. The van der Waals surface area contributed by atoms with Gasteiger partial charge in [-0.1, -0.05) is 6.08 Å². The third-order valence-electron chi connectivity index (χ3n) is 1.98. The van der Waals surface area contributed by atoms with Gasteiger partial charge >= 0.3 is 6.09 Å². The molecule has 0 aliphatic carbocycles. The molecule has 0 saturated heterocycles. The van der Waals surface area contributed by atoms with Crippen molar-refractivity contribution in [1.29, 1.82) is 0 Å². The summed E-state index contributed by atoms with van der Waals surface area (Å²) in [6.07, 6.45) is 2.79. The Morgan fingerprint density at radius 1 is 1.56 bits per heavy atom. The maximum absolute atomic E-state index is 11.8.